The largest absolute Gasteiger partial charge is 0.447 e. The van der Waals surface area contributed by atoms with Gasteiger partial charge in [-0.2, -0.15) is 0 Å². The van der Waals surface area contributed by atoms with Crippen LogP contribution >= 0.6 is 0 Å². The number of carbonyl (C=O) groups is 1. The van der Waals surface area contributed by atoms with E-state index in [4.69, 9.17) is 4.42 Å². The summed E-state index contributed by atoms with van der Waals surface area (Å²) in [6, 6.07) is 0. The second-order valence-electron chi connectivity index (χ2n) is 7.28. The smallest absolute Gasteiger partial charge is 0.276 e. The highest BCUT2D eigenvalue weighted by Gasteiger charge is 2.37. The van der Waals surface area contributed by atoms with Crippen molar-refractivity contribution in [3.63, 3.8) is 0 Å². The predicted molar refractivity (Wildman–Crippen MR) is 82.7 cm³/mol. The zero-order valence-corrected chi connectivity index (χ0v) is 13.3. The lowest BCUT2D eigenvalue weighted by molar-refractivity contribution is 0.0768. The van der Waals surface area contributed by atoms with Crippen molar-refractivity contribution in [2.45, 2.75) is 38.0 Å². The fraction of sp³-hybridized carbons (Fsp3) is 0.765. The molecule has 0 N–H and O–H groups in total. The topological polar surface area (TPSA) is 49.6 Å². The van der Waals surface area contributed by atoms with Crippen molar-refractivity contribution in [3.05, 3.63) is 17.8 Å². The molecule has 5 heteroatoms. The molecule has 0 radical (unpaired) electrons. The Hall–Kier alpha value is -1.36. The molecule has 1 aromatic rings. The van der Waals surface area contributed by atoms with E-state index in [1.807, 2.05) is 4.90 Å². The quantitative estimate of drug-likeness (QED) is 0.860. The molecule has 2 aliphatic heterocycles. The van der Waals surface area contributed by atoms with Gasteiger partial charge in [0.15, 0.2) is 12.1 Å². The molecule has 1 atom stereocenters. The van der Waals surface area contributed by atoms with Crippen molar-refractivity contribution in [2.75, 3.05) is 33.2 Å². The average molecular weight is 303 g/mol. The molecule has 22 heavy (non-hydrogen) atoms. The number of aromatic nitrogens is 1. The van der Waals surface area contributed by atoms with Crippen LogP contribution in [0.3, 0.4) is 0 Å². The molecular formula is C17H25N3O2. The van der Waals surface area contributed by atoms with Crippen molar-refractivity contribution < 1.29 is 9.21 Å². The van der Waals surface area contributed by atoms with E-state index >= 15 is 0 Å². The Morgan fingerprint density at radius 2 is 1.86 bits per heavy atom. The summed E-state index contributed by atoms with van der Waals surface area (Å²) in [5, 5.41) is 0. The number of nitrogens with zero attached hydrogens (tertiary/aromatic N) is 3. The van der Waals surface area contributed by atoms with Crippen molar-refractivity contribution >= 4 is 5.91 Å². The molecule has 120 valence electrons. The fourth-order valence-corrected chi connectivity index (χ4v) is 4.06. The van der Waals surface area contributed by atoms with Crippen LogP contribution in [0.4, 0.5) is 0 Å². The highest BCUT2D eigenvalue weighted by atomic mass is 16.3. The van der Waals surface area contributed by atoms with Crippen LogP contribution < -0.4 is 0 Å². The Morgan fingerprint density at radius 3 is 2.59 bits per heavy atom. The van der Waals surface area contributed by atoms with E-state index in [1.165, 1.54) is 32.3 Å². The van der Waals surface area contributed by atoms with E-state index in [9.17, 15) is 4.79 Å². The lowest BCUT2D eigenvalue weighted by Crippen LogP contribution is -2.35. The van der Waals surface area contributed by atoms with Crippen LogP contribution in [-0.4, -0.2) is 53.9 Å². The molecule has 1 unspecified atom stereocenters. The lowest BCUT2D eigenvalue weighted by Gasteiger charge is -2.32. The third-order valence-corrected chi connectivity index (χ3v) is 5.69. The van der Waals surface area contributed by atoms with Crippen LogP contribution in [0.25, 0.3) is 0 Å². The van der Waals surface area contributed by atoms with E-state index in [1.54, 1.807) is 0 Å². The van der Waals surface area contributed by atoms with Crippen molar-refractivity contribution in [3.8, 4) is 0 Å². The number of amides is 1. The number of piperidine rings is 1. The first-order valence-corrected chi connectivity index (χ1v) is 8.63. The molecule has 3 fully saturated rings. The summed E-state index contributed by atoms with van der Waals surface area (Å²) in [5.74, 6) is 2.82. The highest BCUT2D eigenvalue weighted by molar-refractivity contribution is 5.93. The fourth-order valence-electron chi connectivity index (χ4n) is 4.06. The molecule has 1 amide bonds. The Bertz CT molecular complexity index is 544. The number of likely N-dealkylation sites (tertiary alicyclic amines) is 2. The maximum Gasteiger partial charge on any atom is 0.276 e. The summed E-state index contributed by atoms with van der Waals surface area (Å²) >= 11 is 0. The molecule has 0 spiro atoms. The summed E-state index contributed by atoms with van der Waals surface area (Å²) in [5.41, 5.74) is 0.575. The molecule has 1 saturated carbocycles. The number of rotatable bonds is 3. The molecule has 1 aliphatic carbocycles. The lowest BCUT2D eigenvalue weighted by atomic mass is 9.84. The second-order valence-corrected chi connectivity index (χ2v) is 7.28. The molecule has 5 nitrogen and oxygen atoms in total. The van der Waals surface area contributed by atoms with E-state index in [2.05, 4.69) is 16.9 Å². The van der Waals surface area contributed by atoms with E-state index in [0.29, 0.717) is 17.5 Å². The van der Waals surface area contributed by atoms with Crippen LogP contribution in [0.15, 0.2) is 10.8 Å². The summed E-state index contributed by atoms with van der Waals surface area (Å²) in [4.78, 5) is 21.4. The van der Waals surface area contributed by atoms with E-state index < -0.39 is 0 Å². The first-order valence-electron chi connectivity index (χ1n) is 8.63. The third-order valence-electron chi connectivity index (χ3n) is 5.69. The van der Waals surface area contributed by atoms with Gasteiger partial charge in [-0.1, -0.05) is 0 Å². The zero-order valence-electron chi connectivity index (χ0n) is 13.3. The standard InChI is InChI=1S/C17H25N3O2/c1-19-7-4-12(5-8-19)14-6-9-20(10-14)17(21)15-16(13-2-3-13)22-11-18-15/h11-14H,2-10H2,1H3. The van der Waals surface area contributed by atoms with Gasteiger partial charge in [-0.05, 0) is 64.1 Å². The van der Waals surface area contributed by atoms with Gasteiger partial charge in [0.25, 0.3) is 5.91 Å². The van der Waals surface area contributed by atoms with Gasteiger partial charge >= 0.3 is 0 Å². The van der Waals surface area contributed by atoms with Crippen LogP contribution in [0, 0.1) is 11.8 Å². The van der Waals surface area contributed by atoms with Crippen LogP contribution in [0.2, 0.25) is 0 Å². The maximum absolute atomic E-state index is 12.7. The number of hydrogen-bond acceptors (Lipinski definition) is 4. The first-order chi connectivity index (χ1) is 10.7. The van der Waals surface area contributed by atoms with Gasteiger partial charge in [0.2, 0.25) is 0 Å². The Balaban J connectivity index is 1.39. The second kappa shape index (κ2) is 5.69. The van der Waals surface area contributed by atoms with E-state index in [-0.39, 0.29) is 5.91 Å². The van der Waals surface area contributed by atoms with Gasteiger partial charge in [-0.25, -0.2) is 4.98 Å². The number of oxazole rings is 1. The summed E-state index contributed by atoms with van der Waals surface area (Å²) < 4.78 is 5.46. The molecule has 2 saturated heterocycles. The van der Waals surface area contributed by atoms with Gasteiger partial charge in [-0.15, -0.1) is 0 Å². The summed E-state index contributed by atoms with van der Waals surface area (Å²) in [6.07, 6.45) is 7.41. The van der Waals surface area contributed by atoms with Crippen LogP contribution in [-0.2, 0) is 0 Å². The van der Waals surface area contributed by atoms with Crippen molar-refractivity contribution in [1.29, 1.82) is 0 Å². The van der Waals surface area contributed by atoms with Crippen molar-refractivity contribution in [1.82, 2.24) is 14.8 Å². The molecular weight excluding hydrogens is 278 g/mol. The minimum atomic E-state index is 0.0890. The normalized spacial score (nSPS) is 27.5. The third kappa shape index (κ3) is 2.67. The minimum Gasteiger partial charge on any atom is -0.447 e. The Kier molecular flexibility index (Phi) is 3.68. The van der Waals surface area contributed by atoms with Gasteiger partial charge < -0.3 is 14.2 Å². The van der Waals surface area contributed by atoms with Crippen molar-refractivity contribution in [2.24, 2.45) is 11.8 Å². The van der Waals surface area contributed by atoms with Crippen LogP contribution in [0.1, 0.15) is 54.3 Å². The Morgan fingerprint density at radius 1 is 1.14 bits per heavy atom. The van der Waals surface area contributed by atoms with Gasteiger partial charge in [0, 0.05) is 19.0 Å². The van der Waals surface area contributed by atoms with Gasteiger partial charge in [0.05, 0.1) is 0 Å². The summed E-state index contributed by atoms with van der Waals surface area (Å²) in [7, 11) is 2.20. The van der Waals surface area contributed by atoms with Crippen LogP contribution in [0.5, 0.6) is 0 Å². The predicted octanol–water partition coefficient (Wildman–Crippen LogP) is 2.36. The maximum atomic E-state index is 12.7. The summed E-state index contributed by atoms with van der Waals surface area (Å²) in [6.45, 7) is 4.19. The molecule has 3 aliphatic rings. The molecule has 1 aromatic heterocycles. The van der Waals surface area contributed by atoms with E-state index in [0.717, 1.165) is 44.0 Å². The van der Waals surface area contributed by atoms with Gasteiger partial charge in [-0.3, -0.25) is 4.79 Å². The minimum absolute atomic E-state index is 0.0890. The molecule has 0 bridgehead atoms. The number of carbonyl (C=O) groups excluding carboxylic acids is 1. The number of hydrogen-bond donors (Lipinski definition) is 0. The monoisotopic (exact) mass is 303 g/mol. The van der Waals surface area contributed by atoms with Gasteiger partial charge in [0.1, 0.15) is 5.76 Å². The molecule has 4 rings (SSSR count). The Labute approximate surface area is 131 Å². The molecule has 3 heterocycles. The highest BCUT2D eigenvalue weighted by Crippen LogP contribution is 2.42. The average Bonchev–Trinajstić information content (AvgIpc) is 3.07. The zero-order chi connectivity index (χ0) is 15.1. The first kappa shape index (κ1) is 14.2. The molecule has 0 aromatic carbocycles. The SMILES string of the molecule is CN1CCC(C2CCN(C(=O)c3ncoc3C3CC3)C2)CC1.